The second-order valence-corrected chi connectivity index (χ2v) is 7.41. The Bertz CT molecular complexity index is 492. The number of carbonyl (C=O) groups excluding carboxylic acids is 1. The Labute approximate surface area is 140 Å². The van der Waals surface area contributed by atoms with Gasteiger partial charge in [0.05, 0.1) is 0 Å². The SMILES string of the molecule is O=C1CC2(CCN1)CCN(CCCCCc1ccccc1)CC2. The number of piperidine rings is 2. The maximum atomic E-state index is 11.7. The summed E-state index contributed by atoms with van der Waals surface area (Å²) >= 11 is 0. The van der Waals surface area contributed by atoms with Crippen molar-refractivity contribution in [2.45, 2.75) is 51.4 Å². The molecule has 2 fully saturated rings. The number of hydrogen-bond acceptors (Lipinski definition) is 2. The van der Waals surface area contributed by atoms with E-state index in [2.05, 4.69) is 40.5 Å². The minimum atomic E-state index is 0.269. The topological polar surface area (TPSA) is 32.3 Å². The Morgan fingerprint density at radius 2 is 1.78 bits per heavy atom. The highest BCUT2D eigenvalue weighted by atomic mass is 16.1. The molecule has 1 amide bonds. The van der Waals surface area contributed by atoms with Crippen LogP contribution in [-0.4, -0.2) is 37.0 Å². The van der Waals surface area contributed by atoms with E-state index in [1.54, 1.807) is 0 Å². The summed E-state index contributed by atoms with van der Waals surface area (Å²) in [6.45, 7) is 4.49. The number of likely N-dealkylation sites (tertiary alicyclic amines) is 1. The average molecular weight is 314 g/mol. The molecule has 1 aromatic carbocycles. The van der Waals surface area contributed by atoms with Gasteiger partial charge in [-0.05, 0) is 69.1 Å². The molecule has 0 atom stereocenters. The number of nitrogens with zero attached hydrogens (tertiary/aromatic N) is 1. The molecule has 2 saturated heterocycles. The third-order valence-electron chi connectivity index (χ3n) is 5.71. The molecule has 1 aromatic rings. The molecule has 126 valence electrons. The lowest BCUT2D eigenvalue weighted by atomic mass is 9.71. The summed E-state index contributed by atoms with van der Waals surface area (Å²) in [5, 5.41) is 2.97. The molecule has 2 heterocycles. The van der Waals surface area contributed by atoms with Crippen LogP contribution in [0.4, 0.5) is 0 Å². The highest BCUT2D eigenvalue weighted by Crippen LogP contribution is 2.39. The van der Waals surface area contributed by atoms with Crippen LogP contribution in [-0.2, 0) is 11.2 Å². The van der Waals surface area contributed by atoms with E-state index in [1.807, 2.05) is 0 Å². The van der Waals surface area contributed by atoms with Crippen LogP contribution in [0.1, 0.15) is 50.5 Å². The van der Waals surface area contributed by atoms with Gasteiger partial charge >= 0.3 is 0 Å². The first-order chi connectivity index (χ1) is 11.3. The van der Waals surface area contributed by atoms with Crippen molar-refractivity contribution in [2.75, 3.05) is 26.2 Å². The molecule has 0 aromatic heterocycles. The molecule has 3 rings (SSSR count). The number of rotatable bonds is 6. The minimum Gasteiger partial charge on any atom is -0.356 e. The van der Waals surface area contributed by atoms with Gasteiger partial charge in [0.1, 0.15) is 0 Å². The maximum Gasteiger partial charge on any atom is 0.220 e. The molecule has 0 bridgehead atoms. The standard InChI is InChI=1S/C20H30N2O/c23-19-17-20(10-13-21-19)11-15-22(16-12-20)14-6-2-5-9-18-7-3-1-4-8-18/h1,3-4,7-8H,2,5-6,9-17H2,(H,21,23). The van der Waals surface area contributed by atoms with Gasteiger partial charge in [0.25, 0.3) is 0 Å². The monoisotopic (exact) mass is 314 g/mol. The summed E-state index contributed by atoms with van der Waals surface area (Å²) in [7, 11) is 0. The van der Waals surface area contributed by atoms with Gasteiger partial charge in [0, 0.05) is 13.0 Å². The quantitative estimate of drug-likeness (QED) is 0.816. The lowest BCUT2D eigenvalue weighted by Gasteiger charge is -2.43. The van der Waals surface area contributed by atoms with Crippen LogP contribution in [0.2, 0.25) is 0 Å². The fraction of sp³-hybridized carbons (Fsp3) is 0.650. The van der Waals surface area contributed by atoms with Crippen LogP contribution < -0.4 is 5.32 Å². The lowest BCUT2D eigenvalue weighted by Crippen LogP contribution is -2.47. The second kappa shape index (κ2) is 7.96. The summed E-state index contributed by atoms with van der Waals surface area (Å²) in [5.74, 6) is 0.269. The number of hydrogen-bond donors (Lipinski definition) is 1. The number of unbranched alkanes of at least 4 members (excludes halogenated alkanes) is 2. The maximum absolute atomic E-state index is 11.7. The number of aryl methyl sites for hydroxylation is 1. The fourth-order valence-corrected chi connectivity index (χ4v) is 4.12. The molecule has 0 saturated carbocycles. The van der Waals surface area contributed by atoms with Crippen LogP contribution in [0, 0.1) is 5.41 Å². The summed E-state index contributed by atoms with van der Waals surface area (Å²) in [4.78, 5) is 14.3. The van der Waals surface area contributed by atoms with Crippen molar-refractivity contribution in [3.8, 4) is 0 Å². The predicted octanol–water partition coefficient (Wildman–Crippen LogP) is 3.39. The third kappa shape index (κ3) is 4.81. The molecule has 0 radical (unpaired) electrons. The summed E-state index contributed by atoms with van der Waals surface area (Å²) < 4.78 is 0. The van der Waals surface area contributed by atoms with Gasteiger partial charge in [-0.25, -0.2) is 0 Å². The summed E-state index contributed by atoms with van der Waals surface area (Å²) in [6.07, 6.45) is 9.50. The van der Waals surface area contributed by atoms with E-state index < -0.39 is 0 Å². The zero-order chi connectivity index (χ0) is 16.0. The Morgan fingerprint density at radius 3 is 2.52 bits per heavy atom. The first kappa shape index (κ1) is 16.5. The Morgan fingerprint density at radius 1 is 1.00 bits per heavy atom. The third-order valence-corrected chi connectivity index (χ3v) is 5.71. The van der Waals surface area contributed by atoms with Crippen LogP contribution in [0.3, 0.4) is 0 Å². The zero-order valence-electron chi connectivity index (χ0n) is 14.2. The van der Waals surface area contributed by atoms with Gasteiger partial charge in [0.2, 0.25) is 5.91 Å². The number of carbonyl (C=O) groups is 1. The van der Waals surface area contributed by atoms with E-state index in [-0.39, 0.29) is 5.91 Å². The van der Waals surface area contributed by atoms with Crippen molar-refractivity contribution in [1.82, 2.24) is 10.2 Å². The molecular weight excluding hydrogens is 284 g/mol. The van der Waals surface area contributed by atoms with Gasteiger partial charge in [0.15, 0.2) is 0 Å². The van der Waals surface area contributed by atoms with Crippen LogP contribution in [0.15, 0.2) is 30.3 Å². The van der Waals surface area contributed by atoms with Crippen molar-refractivity contribution >= 4 is 5.91 Å². The highest BCUT2D eigenvalue weighted by molar-refractivity contribution is 5.77. The molecule has 1 N–H and O–H groups in total. The summed E-state index contributed by atoms with van der Waals surface area (Å²) in [6, 6.07) is 10.8. The highest BCUT2D eigenvalue weighted by Gasteiger charge is 2.38. The van der Waals surface area contributed by atoms with Crippen molar-refractivity contribution in [2.24, 2.45) is 5.41 Å². The van der Waals surface area contributed by atoms with E-state index in [1.165, 1.54) is 70.1 Å². The van der Waals surface area contributed by atoms with Crippen molar-refractivity contribution < 1.29 is 4.79 Å². The molecule has 2 aliphatic rings. The Kier molecular flexibility index (Phi) is 5.71. The molecular formula is C20H30N2O. The number of benzene rings is 1. The smallest absolute Gasteiger partial charge is 0.220 e. The molecule has 3 nitrogen and oxygen atoms in total. The van der Waals surface area contributed by atoms with E-state index in [0.29, 0.717) is 5.41 Å². The first-order valence-electron chi connectivity index (χ1n) is 9.29. The Hall–Kier alpha value is -1.35. The predicted molar refractivity (Wildman–Crippen MR) is 94.3 cm³/mol. The first-order valence-corrected chi connectivity index (χ1v) is 9.29. The van der Waals surface area contributed by atoms with Crippen LogP contribution in [0.25, 0.3) is 0 Å². The molecule has 23 heavy (non-hydrogen) atoms. The van der Waals surface area contributed by atoms with E-state index >= 15 is 0 Å². The van der Waals surface area contributed by atoms with Crippen LogP contribution >= 0.6 is 0 Å². The Balaban J connectivity index is 1.30. The lowest BCUT2D eigenvalue weighted by molar-refractivity contribution is -0.127. The average Bonchev–Trinajstić information content (AvgIpc) is 2.57. The van der Waals surface area contributed by atoms with Crippen molar-refractivity contribution in [3.05, 3.63) is 35.9 Å². The summed E-state index contributed by atoms with van der Waals surface area (Å²) in [5.41, 5.74) is 1.79. The van der Waals surface area contributed by atoms with Gasteiger partial charge < -0.3 is 10.2 Å². The molecule has 0 aliphatic carbocycles. The van der Waals surface area contributed by atoms with Crippen molar-refractivity contribution in [3.63, 3.8) is 0 Å². The minimum absolute atomic E-state index is 0.269. The second-order valence-electron chi connectivity index (χ2n) is 7.41. The van der Waals surface area contributed by atoms with E-state index in [0.717, 1.165) is 13.0 Å². The van der Waals surface area contributed by atoms with Crippen molar-refractivity contribution in [1.29, 1.82) is 0 Å². The molecule has 3 heteroatoms. The fourth-order valence-electron chi connectivity index (χ4n) is 4.12. The number of amides is 1. The van der Waals surface area contributed by atoms with Gasteiger partial charge in [-0.1, -0.05) is 36.8 Å². The van der Waals surface area contributed by atoms with E-state index in [4.69, 9.17) is 0 Å². The van der Waals surface area contributed by atoms with Gasteiger partial charge in [-0.15, -0.1) is 0 Å². The zero-order valence-corrected chi connectivity index (χ0v) is 14.2. The molecule has 0 unspecified atom stereocenters. The number of nitrogens with one attached hydrogen (secondary N) is 1. The molecule has 1 spiro atoms. The van der Waals surface area contributed by atoms with Crippen LogP contribution in [0.5, 0.6) is 0 Å². The molecule has 2 aliphatic heterocycles. The van der Waals surface area contributed by atoms with E-state index in [9.17, 15) is 4.79 Å². The normalized spacial score (nSPS) is 21.3. The van der Waals surface area contributed by atoms with Gasteiger partial charge in [-0.2, -0.15) is 0 Å². The van der Waals surface area contributed by atoms with Gasteiger partial charge in [-0.3, -0.25) is 4.79 Å². The largest absolute Gasteiger partial charge is 0.356 e.